The normalized spacial score (nSPS) is 11.4. The molecule has 2 nitrogen and oxygen atoms in total. The fourth-order valence-corrected chi connectivity index (χ4v) is 1.92. The highest BCUT2D eigenvalue weighted by atomic mass is 16.3. The first-order chi connectivity index (χ1) is 6.75. The highest BCUT2D eigenvalue weighted by Gasteiger charge is 2.03. The van der Waals surface area contributed by atoms with E-state index in [9.17, 15) is 10.2 Å². The van der Waals surface area contributed by atoms with Crippen molar-refractivity contribution in [2.45, 2.75) is 0 Å². The maximum absolute atomic E-state index is 9.30. The molecule has 1 aliphatic rings. The summed E-state index contributed by atoms with van der Waals surface area (Å²) in [6.45, 7) is 0. The third-order valence-electron chi connectivity index (χ3n) is 2.59. The molecule has 14 heavy (non-hydrogen) atoms. The van der Waals surface area contributed by atoms with Gasteiger partial charge in [0.05, 0.1) is 0 Å². The van der Waals surface area contributed by atoms with E-state index in [1.807, 2.05) is 12.1 Å². The molecule has 0 saturated heterocycles. The molecule has 0 fully saturated rings. The number of phenolic OH excluding ortho intramolecular Hbond substituents is 2. The van der Waals surface area contributed by atoms with E-state index in [-0.39, 0.29) is 11.5 Å². The van der Waals surface area contributed by atoms with Gasteiger partial charge in [-0.2, -0.15) is 0 Å². The Balaban J connectivity index is 2.59. The zero-order valence-corrected chi connectivity index (χ0v) is 7.36. The minimum atomic E-state index is 0.262. The molecule has 0 saturated carbocycles. The summed E-state index contributed by atoms with van der Waals surface area (Å²) < 4.78 is 0. The Kier molecular flexibility index (Phi) is 1.22. The highest BCUT2D eigenvalue weighted by Crippen LogP contribution is 2.20. The molecule has 68 valence electrons. The molecule has 0 heterocycles. The Morgan fingerprint density at radius 1 is 0.571 bits per heavy atom. The summed E-state index contributed by atoms with van der Waals surface area (Å²) >= 11 is 0. The monoisotopic (exact) mass is 184 g/mol. The summed E-state index contributed by atoms with van der Waals surface area (Å²) in [6.07, 6.45) is 0. The molecule has 3 rings (SSSR count). The Morgan fingerprint density at radius 3 is 1.43 bits per heavy atom. The van der Waals surface area contributed by atoms with Crippen LogP contribution < -0.4 is 0 Å². The number of fused-ring (bicyclic) bond motifs is 2. The van der Waals surface area contributed by atoms with E-state index in [1.54, 1.807) is 24.3 Å². The van der Waals surface area contributed by atoms with Crippen LogP contribution in [0.15, 0.2) is 36.4 Å². The zero-order chi connectivity index (χ0) is 9.71. The molecule has 0 unspecified atom stereocenters. The number of benzene rings is 2. The summed E-state index contributed by atoms with van der Waals surface area (Å²) in [7, 11) is 0. The van der Waals surface area contributed by atoms with E-state index in [0.717, 1.165) is 20.9 Å². The second-order valence-electron chi connectivity index (χ2n) is 3.46. The molecule has 2 aromatic carbocycles. The molecule has 0 aliphatic heterocycles. The van der Waals surface area contributed by atoms with Crippen molar-refractivity contribution in [1.82, 2.24) is 0 Å². The van der Waals surface area contributed by atoms with Crippen LogP contribution in [0, 0.1) is 20.9 Å². The number of aromatic hydroxyl groups is 2. The van der Waals surface area contributed by atoms with E-state index in [2.05, 4.69) is 0 Å². The molecule has 2 N–H and O–H groups in total. The summed E-state index contributed by atoms with van der Waals surface area (Å²) in [5, 5.41) is 22.9. The number of rotatable bonds is 0. The standard InChI is InChI=1S/C12H8O2/c13-7-1-3-9-10-4-2-8(14)6-12(10)11(9)5-7/h1-6,13-14H. The predicted molar refractivity (Wildman–Crippen MR) is 51.6 cm³/mol. The fourth-order valence-electron chi connectivity index (χ4n) is 1.92. The Labute approximate surface area is 79.7 Å². The molecule has 0 radical (unpaired) electrons. The van der Waals surface area contributed by atoms with Crippen molar-refractivity contribution in [2.24, 2.45) is 0 Å². The maximum atomic E-state index is 9.30. The van der Waals surface area contributed by atoms with Gasteiger partial charge in [-0.05, 0) is 45.1 Å². The smallest absolute Gasteiger partial charge is 0.116 e. The predicted octanol–water partition coefficient (Wildman–Crippen LogP) is 1.99. The second kappa shape index (κ2) is 2.29. The first-order valence-electron chi connectivity index (χ1n) is 4.42. The lowest BCUT2D eigenvalue weighted by molar-refractivity contribution is 0.472. The summed E-state index contributed by atoms with van der Waals surface area (Å²) in [5.74, 6) is 0.524. The first kappa shape index (κ1) is 7.44. The van der Waals surface area contributed by atoms with E-state index in [1.165, 1.54) is 0 Å². The maximum Gasteiger partial charge on any atom is 0.116 e. The van der Waals surface area contributed by atoms with Crippen LogP contribution >= 0.6 is 0 Å². The molecule has 0 amide bonds. The number of hydrogen-bond acceptors (Lipinski definition) is 2. The van der Waals surface area contributed by atoms with Crippen LogP contribution in [0.2, 0.25) is 0 Å². The van der Waals surface area contributed by atoms with E-state index in [0.29, 0.717) is 0 Å². The van der Waals surface area contributed by atoms with Crippen molar-refractivity contribution in [2.75, 3.05) is 0 Å². The highest BCUT2D eigenvalue weighted by molar-refractivity contribution is 5.36. The van der Waals surface area contributed by atoms with Gasteiger partial charge in [0.25, 0.3) is 0 Å². The summed E-state index contributed by atoms with van der Waals surface area (Å²) in [6, 6.07) is 10.6. The molecule has 1 aliphatic carbocycles. The van der Waals surface area contributed by atoms with Gasteiger partial charge in [0, 0.05) is 0 Å². The lowest BCUT2D eigenvalue weighted by Crippen LogP contribution is -1.90. The average molecular weight is 184 g/mol. The van der Waals surface area contributed by atoms with Gasteiger partial charge in [-0.1, -0.05) is 12.1 Å². The van der Waals surface area contributed by atoms with E-state index >= 15 is 0 Å². The molecular weight excluding hydrogens is 176 g/mol. The largest absolute Gasteiger partial charge is 0.508 e. The average Bonchev–Trinajstić information content (AvgIpc) is 2.17. The van der Waals surface area contributed by atoms with Crippen LogP contribution in [0.5, 0.6) is 11.5 Å². The SMILES string of the molecule is Oc1ccc2c(c1)=c1cc(O)ccc1=2. The third kappa shape index (κ3) is 0.799. The molecule has 0 bridgehead atoms. The zero-order valence-electron chi connectivity index (χ0n) is 7.36. The van der Waals surface area contributed by atoms with Crippen molar-refractivity contribution in [3.63, 3.8) is 0 Å². The van der Waals surface area contributed by atoms with Crippen LogP contribution in [-0.2, 0) is 0 Å². The van der Waals surface area contributed by atoms with E-state index in [4.69, 9.17) is 0 Å². The fraction of sp³-hybridized carbons (Fsp3) is 0. The summed E-state index contributed by atoms with van der Waals surface area (Å²) in [4.78, 5) is 0. The number of hydrogen-bond donors (Lipinski definition) is 2. The van der Waals surface area contributed by atoms with Crippen molar-refractivity contribution in [3.05, 3.63) is 57.3 Å². The quantitative estimate of drug-likeness (QED) is 0.561. The van der Waals surface area contributed by atoms with Gasteiger partial charge in [-0.15, -0.1) is 0 Å². The van der Waals surface area contributed by atoms with Gasteiger partial charge < -0.3 is 10.2 Å². The lowest BCUT2D eigenvalue weighted by atomic mass is 10.0. The molecule has 0 spiro atoms. The second-order valence-corrected chi connectivity index (χ2v) is 3.46. The molecular formula is C12H8O2. The Hall–Kier alpha value is -1.96. The Morgan fingerprint density at radius 2 is 1.00 bits per heavy atom. The van der Waals surface area contributed by atoms with Crippen molar-refractivity contribution in [1.29, 1.82) is 0 Å². The van der Waals surface area contributed by atoms with Crippen LogP contribution in [0.4, 0.5) is 0 Å². The van der Waals surface area contributed by atoms with Crippen molar-refractivity contribution in [3.8, 4) is 11.5 Å². The molecule has 2 heteroatoms. The minimum absolute atomic E-state index is 0.262. The molecule has 0 atom stereocenters. The third-order valence-corrected chi connectivity index (χ3v) is 2.59. The van der Waals surface area contributed by atoms with Crippen LogP contribution in [0.1, 0.15) is 0 Å². The topological polar surface area (TPSA) is 40.5 Å². The van der Waals surface area contributed by atoms with Crippen molar-refractivity contribution < 1.29 is 10.2 Å². The van der Waals surface area contributed by atoms with Gasteiger partial charge >= 0.3 is 0 Å². The van der Waals surface area contributed by atoms with Gasteiger partial charge in [0.1, 0.15) is 11.5 Å². The van der Waals surface area contributed by atoms with Crippen LogP contribution in [0.3, 0.4) is 0 Å². The van der Waals surface area contributed by atoms with Gasteiger partial charge in [-0.3, -0.25) is 0 Å². The van der Waals surface area contributed by atoms with Gasteiger partial charge in [0.2, 0.25) is 0 Å². The van der Waals surface area contributed by atoms with Crippen LogP contribution in [-0.4, -0.2) is 10.2 Å². The lowest BCUT2D eigenvalue weighted by Gasteiger charge is -2.04. The number of phenols is 2. The molecule has 0 aromatic heterocycles. The van der Waals surface area contributed by atoms with Crippen molar-refractivity contribution >= 4 is 0 Å². The van der Waals surface area contributed by atoms with Crippen LogP contribution in [0.25, 0.3) is 0 Å². The van der Waals surface area contributed by atoms with E-state index < -0.39 is 0 Å². The first-order valence-corrected chi connectivity index (χ1v) is 4.42. The minimum Gasteiger partial charge on any atom is -0.508 e. The Bertz CT molecular complexity index is 641. The summed E-state index contributed by atoms with van der Waals surface area (Å²) in [5.41, 5.74) is 0. The van der Waals surface area contributed by atoms with Gasteiger partial charge in [0.15, 0.2) is 0 Å². The van der Waals surface area contributed by atoms with Gasteiger partial charge in [-0.25, -0.2) is 0 Å². The molecule has 2 aromatic rings.